The van der Waals surface area contributed by atoms with Crippen LogP contribution in [0.25, 0.3) is 22.2 Å². The van der Waals surface area contributed by atoms with Crippen LogP contribution < -0.4 is 5.32 Å². The minimum absolute atomic E-state index is 0.201. The van der Waals surface area contributed by atoms with E-state index in [0.717, 1.165) is 6.07 Å². The van der Waals surface area contributed by atoms with Crippen LogP contribution in [0.3, 0.4) is 0 Å². The highest BCUT2D eigenvalue weighted by atomic mass is 35.5. The fourth-order valence-electron chi connectivity index (χ4n) is 3.20. The quantitative estimate of drug-likeness (QED) is 0.390. The van der Waals surface area contributed by atoms with Crippen molar-refractivity contribution < 1.29 is 18.0 Å². The maximum Gasteiger partial charge on any atom is 0.418 e. The Morgan fingerprint density at radius 1 is 0.900 bits per heavy atom. The van der Waals surface area contributed by atoms with Gasteiger partial charge < -0.3 is 5.32 Å². The molecule has 1 amide bonds. The number of benzene rings is 3. The zero-order valence-corrected chi connectivity index (χ0v) is 16.1. The first-order chi connectivity index (χ1) is 14.3. The van der Waals surface area contributed by atoms with Crippen LogP contribution in [0.15, 0.2) is 78.9 Å². The number of nitrogens with zero attached hydrogens (tertiary/aromatic N) is 1. The summed E-state index contributed by atoms with van der Waals surface area (Å²) in [6.07, 6.45) is -4.59. The maximum absolute atomic E-state index is 13.3. The molecule has 1 heterocycles. The van der Waals surface area contributed by atoms with Crippen molar-refractivity contribution in [2.75, 3.05) is 5.32 Å². The van der Waals surface area contributed by atoms with E-state index in [1.165, 1.54) is 24.3 Å². The Morgan fingerprint density at radius 3 is 2.33 bits per heavy atom. The molecule has 0 bridgehead atoms. The van der Waals surface area contributed by atoms with E-state index < -0.39 is 17.6 Å². The summed E-state index contributed by atoms with van der Waals surface area (Å²) in [5.74, 6) is -0.668. The number of para-hydroxylation sites is 2. The maximum atomic E-state index is 13.3. The van der Waals surface area contributed by atoms with Crippen molar-refractivity contribution in [1.29, 1.82) is 0 Å². The van der Waals surface area contributed by atoms with Gasteiger partial charge in [-0.2, -0.15) is 13.2 Å². The number of halogens is 4. The molecule has 30 heavy (non-hydrogen) atoms. The number of carbonyl (C=O) groups excluding carboxylic acids is 1. The second kappa shape index (κ2) is 7.80. The normalized spacial score (nSPS) is 11.5. The van der Waals surface area contributed by atoms with Gasteiger partial charge in [0.1, 0.15) is 0 Å². The predicted octanol–water partition coefficient (Wildman–Crippen LogP) is 6.83. The van der Waals surface area contributed by atoms with Gasteiger partial charge in [0.15, 0.2) is 0 Å². The Bertz CT molecular complexity index is 1250. The molecule has 4 aromatic rings. The molecular formula is C23H14ClF3N2O. The van der Waals surface area contributed by atoms with Crippen LogP contribution in [-0.2, 0) is 6.18 Å². The Morgan fingerprint density at radius 2 is 1.57 bits per heavy atom. The van der Waals surface area contributed by atoms with E-state index in [2.05, 4.69) is 10.3 Å². The van der Waals surface area contributed by atoms with Crippen LogP contribution in [0.1, 0.15) is 15.9 Å². The predicted molar refractivity (Wildman–Crippen MR) is 112 cm³/mol. The van der Waals surface area contributed by atoms with Crippen LogP contribution in [0.5, 0.6) is 0 Å². The lowest BCUT2D eigenvalue weighted by Gasteiger charge is -2.15. The fraction of sp³-hybridized carbons (Fsp3) is 0.0435. The first-order valence-electron chi connectivity index (χ1n) is 8.97. The first-order valence-corrected chi connectivity index (χ1v) is 9.34. The summed E-state index contributed by atoms with van der Waals surface area (Å²) in [6, 6.07) is 20.4. The SMILES string of the molecule is O=C(Nc1ccccc1C(F)(F)F)c1cc(-c2ccccc2Cl)nc2ccccc12. The van der Waals surface area contributed by atoms with Crippen molar-refractivity contribution in [3.8, 4) is 11.3 Å². The molecule has 0 spiro atoms. The van der Waals surface area contributed by atoms with Crippen LogP contribution in [-0.4, -0.2) is 10.9 Å². The Labute approximate surface area is 175 Å². The van der Waals surface area contributed by atoms with Crippen molar-refractivity contribution in [3.63, 3.8) is 0 Å². The molecule has 0 aliphatic rings. The third kappa shape index (κ3) is 3.86. The number of carbonyl (C=O) groups is 1. The molecule has 3 aromatic carbocycles. The first kappa shape index (κ1) is 19.9. The van der Waals surface area contributed by atoms with E-state index in [1.54, 1.807) is 48.5 Å². The fourth-order valence-corrected chi connectivity index (χ4v) is 3.43. The smallest absolute Gasteiger partial charge is 0.321 e. The molecule has 4 rings (SSSR count). The van der Waals surface area contributed by atoms with Crippen molar-refractivity contribution in [3.05, 3.63) is 95.0 Å². The minimum Gasteiger partial charge on any atom is -0.321 e. The van der Waals surface area contributed by atoms with Gasteiger partial charge in [0.2, 0.25) is 0 Å². The van der Waals surface area contributed by atoms with Crippen molar-refractivity contribution in [2.45, 2.75) is 6.18 Å². The zero-order valence-electron chi connectivity index (χ0n) is 15.4. The summed E-state index contributed by atoms with van der Waals surface area (Å²) in [5, 5.41) is 3.38. The van der Waals surface area contributed by atoms with E-state index in [1.807, 2.05) is 0 Å². The van der Waals surface area contributed by atoms with Gasteiger partial charge in [-0.25, -0.2) is 4.98 Å². The number of rotatable bonds is 3. The van der Waals surface area contributed by atoms with Gasteiger partial charge in [0, 0.05) is 16.0 Å². The van der Waals surface area contributed by atoms with Gasteiger partial charge in [-0.15, -0.1) is 0 Å². The molecule has 3 nitrogen and oxygen atoms in total. The molecular weight excluding hydrogens is 413 g/mol. The summed E-state index contributed by atoms with van der Waals surface area (Å²) in [6.45, 7) is 0. The summed E-state index contributed by atoms with van der Waals surface area (Å²) in [4.78, 5) is 17.6. The lowest BCUT2D eigenvalue weighted by molar-refractivity contribution is -0.136. The summed E-state index contributed by atoms with van der Waals surface area (Å²) in [7, 11) is 0. The lowest BCUT2D eigenvalue weighted by atomic mass is 10.0. The van der Waals surface area contributed by atoms with Crippen LogP contribution >= 0.6 is 11.6 Å². The van der Waals surface area contributed by atoms with Crippen molar-refractivity contribution >= 4 is 34.1 Å². The zero-order chi connectivity index (χ0) is 21.3. The van der Waals surface area contributed by atoms with E-state index in [4.69, 9.17) is 11.6 Å². The van der Waals surface area contributed by atoms with Gasteiger partial charge >= 0.3 is 6.18 Å². The molecule has 150 valence electrons. The average Bonchev–Trinajstić information content (AvgIpc) is 2.73. The highest BCUT2D eigenvalue weighted by Gasteiger charge is 2.33. The highest BCUT2D eigenvalue weighted by molar-refractivity contribution is 6.33. The van der Waals surface area contributed by atoms with Gasteiger partial charge in [0.25, 0.3) is 5.91 Å². The molecule has 0 unspecified atom stereocenters. The number of aromatic nitrogens is 1. The Balaban J connectivity index is 1.83. The number of alkyl halides is 3. The summed E-state index contributed by atoms with van der Waals surface area (Å²) >= 11 is 6.28. The number of fused-ring (bicyclic) bond motifs is 1. The molecule has 0 saturated carbocycles. The Kier molecular flexibility index (Phi) is 5.18. The minimum atomic E-state index is -4.59. The molecule has 0 aliphatic carbocycles. The van der Waals surface area contributed by atoms with Crippen molar-refractivity contribution in [2.24, 2.45) is 0 Å². The lowest BCUT2D eigenvalue weighted by Crippen LogP contribution is -2.17. The number of amides is 1. The standard InChI is InChI=1S/C23H14ClF3N2O/c24-18-10-4-1-8-15(18)21-13-16(14-7-2-5-11-19(14)28-21)22(30)29-20-12-6-3-9-17(20)23(25,26)27/h1-13H,(H,29,30). The second-order valence-corrected chi connectivity index (χ2v) is 6.96. The number of pyridine rings is 1. The van der Waals surface area contributed by atoms with Gasteiger partial charge in [-0.1, -0.05) is 60.1 Å². The largest absolute Gasteiger partial charge is 0.418 e. The van der Waals surface area contributed by atoms with Crippen LogP contribution in [0.2, 0.25) is 5.02 Å². The molecule has 0 fully saturated rings. The molecule has 0 saturated heterocycles. The molecule has 1 N–H and O–H groups in total. The third-order valence-corrected chi connectivity index (χ3v) is 4.92. The molecule has 1 aromatic heterocycles. The van der Waals surface area contributed by atoms with E-state index >= 15 is 0 Å². The number of nitrogens with one attached hydrogen (secondary N) is 1. The molecule has 0 atom stereocenters. The summed E-state index contributed by atoms with van der Waals surface area (Å²) in [5.41, 5.74) is 0.582. The van der Waals surface area contributed by atoms with Gasteiger partial charge in [-0.05, 0) is 30.3 Å². The Hall–Kier alpha value is -3.38. The molecule has 0 radical (unpaired) electrons. The molecule has 7 heteroatoms. The topological polar surface area (TPSA) is 42.0 Å². The van der Waals surface area contributed by atoms with Gasteiger partial charge in [0.05, 0.1) is 28.0 Å². The highest BCUT2D eigenvalue weighted by Crippen LogP contribution is 2.35. The van der Waals surface area contributed by atoms with Crippen molar-refractivity contribution in [1.82, 2.24) is 4.98 Å². The van der Waals surface area contributed by atoms with E-state index in [9.17, 15) is 18.0 Å². The van der Waals surface area contributed by atoms with E-state index in [-0.39, 0.29) is 11.3 Å². The monoisotopic (exact) mass is 426 g/mol. The average molecular weight is 427 g/mol. The third-order valence-electron chi connectivity index (χ3n) is 4.59. The summed E-state index contributed by atoms with van der Waals surface area (Å²) < 4.78 is 39.9. The van der Waals surface area contributed by atoms with E-state index in [0.29, 0.717) is 27.2 Å². The molecule has 0 aliphatic heterocycles. The van der Waals surface area contributed by atoms with Crippen LogP contribution in [0.4, 0.5) is 18.9 Å². The number of hydrogen-bond acceptors (Lipinski definition) is 2. The number of hydrogen-bond donors (Lipinski definition) is 1. The number of anilines is 1. The van der Waals surface area contributed by atoms with Gasteiger partial charge in [-0.3, -0.25) is 4.79 Å². The second-order valence-electron chi connectivity index (χ2n) is 6.55. The van der Waals surface area contributed by atoms with Crippen LogP contribution in [0, 0.1) is 0 Å².